The highest BCUT2D eigenvalue weighted by atomic mass is 16.5. The lowest BCUT2D eigenvalue weighted by Gasteiger charge is -2.33. The van der Waals surface area contributed by atoms with Gasteiger partial charge in [-0.2, -0.15) is 0 Å². The van der Waals surface area contributed by atoms with Gasteiger partial charge in [0.15, 0.2) is 11.5 Å². The van der Waals surface area contributed by atoms with Gasteiger partial charge in [-0.15, -0.1) is 0 Å². The molecule has 0 spiro atoms. The van der Waals surface area contributed by atoms with Crippen molar-refractivity contribution in [3.05, 3.63) is 23.8 Å². The SMILES string of the molecule is CCCOC1CCCN(C(=O)c2ccc(OC3CCN(C)CC3)c(OC)c2)C1. The second-order valence-corrected chi connectivity index (χ2v) is 7.87. The molecule has 6 heteroatoms. The minimum Gasteiger partial charge on any atom is -0.493 e. The summed E-state index contributed by atoms with van der Waals surface area (Å²) in [5.41, 5.74) is 0.642. The molecular weight excluding hydrogens is 356 g/mol. The van der Waals surface area contributed by atoms with Crippen LogP contribution < -0.4 is 9.47 Å². The molecule has 0 N–H and O–H groups in total. The van der Waals surface area contributed by atoms with Crippen molar-refractivity contribution in [1.29, 1.82) is 0 Å². The molecule has 1 aromatic carbocycles. The molecule has 1 atom stereocenters. The van der Waals surface area contributed by atoms with Gasteiger partial charge in [0.2, 0.25) is 0 Å². The van der Waals surface area contributed by atoms with Crippen LogP contribution >= 0.6 is 0 Å². The number of hydrogen-bond acceptors (Lipinski definition) is 5. The summed E-state index contributed by atoms with van der Waals surface area (Å²) in [6.45, 7) is 6.38. The standard InChI is InChI=1S/C22H34N2O4/c1-4-14-27-19-6-5-11-24(16-19)22(25)17-7-8-20(21(15-17)26-3)28-18-9-12-23(2)13-10-18/h7-8,15,18-19H,4-6,9-14,16H2,1-3H3. The van der Waals surface area contributed by atoms with Crippen LogP contribution in [0.1, 0.15) is 49.4 Å². The van der Waals surface area contributed by atoms with Crippen LogP contribution in [-0.4, -0.2) is 74.9 Å². The number of nitrogens with zero attached hydrogens (tertiary/aromatic N) is 2. The number of benzene rings is 1. The first-order valence-electron chi connectivity index (χ1n) is 10.5. The lowest BCUT2D eigenvalue weighted by Crippen LogP contribution is -2.43. The Labute approximate surface area is 168 Å². The Bertz CT molecular complexity index is 643. The first-order valence-corrected chi connectivity index (χ1v) is 10.5. The van der Waals surface area contributed by atoms with E-state index in [1.807, 2.05) is 23.1 Å². The molecule has 0 aromatic heterocycles. The predicted octanol–water partition coefficient (Wildman–Crippen LogP) is 3.20. The fourth-order valence-electron chi connectivity index (χ4n) is 3.91. The van der Waals surface area contributed by atoms with Crippen molar-refractivity contribution in [3.63, 3.8) is 0 Å². The van der Waals surface area contributed by atoms with E-state index >= 15 is 0 Å². The normalized spacial score (nSPS) is 21.5. The van der Waals surface area contributed by atoms with Crippen LogP contribution in [0.5, 0.6) is 11.5 Å². The van der Waals surface area contributed by atoms with E-state index in [2.05, 4.69) is 18.9 Å². The van der Waals surface area contributed by atoms with Crippen molar-refractivity contribution in [3.8, 4) is 11.5 Å². The summed E-state index contributed by atoms with van der Waals surface area (Å²) in [7, 11) is 3.76. The molecule has 2 aliphatic rings. The molecule has 156 valence electrons. The summed E-state index contributed by atoms with van der Waals surface area (Å²) in [5, 5.41) is 0. The van der Waals surface area contributed by atoms with E-state index in [-0.39, 0.29) is 18.1 Å². The van der Waals surface area contributed by atoms with Gasteiger partial charge >= 0.3 is 0 Å². The molecule has 6 nitrogen and oxygen atoms in total. The number of ether oxygens (including phenoxy) is 3. The minimum absolute atomic E-state index is 0.0361. The molecule has 2 aliphatic heterocycles. The lowest BCUT2D eigenvalue weighted by molar-refractivity contribution is 0.00210. The highest BCUT2D eigenvalue weighted by Crippen LogP contribution is 2.31. The zero-order chi connectivity index (χ0) is 19.9. The van der Waals surface area contributed by atoms with E-state index in [4.69, 9.17) is 14.2 Å². The summed E-state index contributed by atoms with van der Waals surface area (Å²) in [6.07, 6.45) is 5.36. The lowest BCUT2D eigenvalue weighted by atomic mass is 10.1. The molecule has 0 radical (unpaired) electrons. The van der Waals surface area contributed by atoms with Crippen LogP contribution in [0.25, 0.3) is 0 Å². The second-order valence-electron chi connectivity index (χ2n) is 7.87. The highest BCUT2D eigenvalue weighted by Gasteiger charge is 2.26. The largest absolute Gasteiger partial charge is 0.493 e. The third-order valence-electron chi connectivity index (χ3n) is 5.59. The van der Waals surface area contributed by atoms with Gasteiger partial charge in [0.25, 0.3) is 5.91 Å². The molecule has 1 unspecified atom stereocenters. The van der Waals surface area contributed by atoms with Crippen LogP contribution in [0.4, 0.5) is 0 Å². The van der Waals surface area contributed by atoms with E-state index in [0.717, 1.165) is 64.1 Å². The van der Waals surface area contributed by atoms with Gasteiger partial charge in [-0.1, -0.05) is 6.92 Å². The van der Waals surface area contributed by atoms with Crippen molar-refractivity contribution >= 4 is 5.91 Å². The molecule has 28 heavy (non-hydrogen) atoms. The Morgan fingerprint density at radius 2 is 1.89 bits per heavy atom. The number of likely N-dealkylation sites (tertiary alicyclic amines) is 2. The molecular formula is C22H34N2O4. The van der Waals surface area contributed by atoms with Crippen LogP contribution in [0.2, 0.25) is 0 Å². The van der Waals surface area contributed by atoms with Gasteiger partial charge in [0.1, 0.15) is 6.10 Å². The number of carbonyl (C=O) groups excluding carboxylic acids is 1. The molecule has 2 heterocycles. The maximum absolute atomic E-state index is 13.0. The quantitative estimate of drug-likeness (QED) is 0.716. The van der Waals surface area contributed by atoms with Crippen molar-refractivity contribution in [2.24, 2.45) is 0 Å². The Kier molecular flexibility index (Phi) is 7.57. The monoisotopic (exact) mass is 390 g/mol. The smallest absolute Gasteiger partial charge is 0.254 e. The van der Waals surface area contributed by atoms with E-state index in [1.165, 1.54) is 0 Å². The van der Waals surface area contributed by atoms with Crippen LogP contribution in [0, 0.1) is 0 Å². The number of methoxy groups -OCH3 is 1. The molecule has 2 saturated heterocycles. The Balaban J connectivity index is 1.64. The maximum atomic E-state index is 13.0. The molecule has 1 amide bonds. The molecule has 0 saturated carbocycles. The van der Waals surface area contributed by atoms with E-state index in [9.17, 15) is 4.79 Å². The van der Waals surface area contributed by atoms with Crippen molar-refractivity contribution in [2.75, 3.05) is 46.9 Å². The molecule has 2 fully saturated rings. The summed E-state index contributed by atoms with van der Waals surface area (Å²) in [6, 6.07) is 5.54. The first kappa shape index (κ1) is 20.9. The fourth-order valence-corrected chi connectivity index (χ4v) is 3.91. The topological polar surface area (TPSA) is 51.2 Å². The zero-order valence-electron chi connectivity index (χ0n) is 17.5. The number of piperidine rings is 2. The number of amides is 1. The van der Waals surface area contributed by atoms with Gasteiger partial charge in [-0.3, -0.25) is 4.79 Å². The predicted molar refractivity (Wildman–Crippen MR) is 109 cm³/mol. The van der Waals surface area contributed by atoms with Gasteiger partial charge in [-0.05, 0) is 57.4 Å². The van der Waals surface area contributed by atoms with Crippen LogP contribution in [-0.2, 0) is 4.74 Å². The minimum atomic E-state index is 0.0361. The van der Waals surface area contributed by atoms with Crippen molar-refractivity contribution in [1.82, 2.24) is 9.80 Å². The van der Waals surface area contributed by atoms with Crippen molar-refractivity contribution < 1.29 is 19.0 Å². The third kappa shape index (κ3) is 5.39. The first-order chi connectivity index (χ1) is 13.6. The molecule has 1 aromatic rings. The van der Waals surface area contributed by atoms with Gasteiger partial charge in [-0.25, -0.2) is 0 Å². The average molecular weight is 391 g/mol. The third-order valence-corrected chi connectivity index (χ3v) is 5.59. The Morgan fingerprint density at radius 1 is 1.11 bits per heavy atom. The van der Waals surface area contributed by atoms with Gasteiger partial charge in [0, 0.05) is 38.3 Å². The molecule has 3 rings (SSSR count). The fraction of sp³-hybridized carbons (Fsp3) is 0.682. The zero-order valence-corrected chi connectivity index (χ0v) is 17.5. The van der Waals surface area contributed by atoms with E-state index < -0.39 is 0 Å². The van der Waals surface area contributed by atoms with Crippen LogP contribution in [0.15, 0.2) is 18.2 Å². The summed E-state index contributed by atoms with van der Waals surface area (Å²) in [5.74, 6) is 1.38. The summed E-state index contributed by atoms with van der Waals surface area (Å²) in [4.78, 5) is 17.2. The Hall–Kier alpha value is -1.79. The average Bonchev–Trinajstić information content (AvgIpc) is 2.73. The highest BCUT2D eigenvalue weighted by molar-refractivity contribution is 5.95. The summed E-state index contributed by atoms with van der Waals surface area (Å²) < 4.78 is 17.6. The second kappa shape index (κ2) is 10.1. The number of carbonyl (C=O) groups is 1. The number of hydrogen-bond donors (Lipinski definition) is 0. The van der Waals surface area contributed by atoms with Crippen LogP contribution in [0.3, 0.4) is 0 Å². The van der Waals surface area contributed by atoms with Gasteiger partial charge < -0.3 is 24.0 Å². The van der Waals surface area contributed by atoms with E-state index in [0.29, 0.717) is 17.9 Å². The van der Waals surface area contributed by atoms with E-state index in [1.54, 1.807) is 7.11 Å². The maximum Gasteiger partial charge on any atom is 0.254 e. The summed E-state index contributed by atoms with van der Waals surface area (Å²) >= 11 is 0. The number of rotatable bonds is 7. The molecule has 0 bridgehead atoms. The Morgan fingerprint density at radius 3 is 2.61 bits per heavy atom. The van der Waals surface area contributed by atoms with Crippen molar-refractivity contribution in [2.45, 2.75) is 51.2 Å². The molecule has 0 aliphatic carbocycles. The van der Waals surface area contributed by atoms with Gasteiger partial charge in [0.05, 0.1) is 13.2 Å².